The standard InChI is InChI=1S/C19H17F5N2/c1-2-3-4-14-9-17(20)16(18(21)10-14)12-26-25-11-13-5-7-15(8-6-13)19(22,23)24/h5-12H,2-4H2,1H3/b25-11+,26-12+. The fraction of sp³-hybridized carbons (Fsp3) is 0.263. The van der Waals surface area contributed by atoms with Crippen LogP contribution in [0.15, 0.2) is 46.6 Å². The largest absolute Gasteiger partial charge is 0.416 e. The maximum absolute atomic E-state index is 14.0. The van der Waals surface area contributed by atoms with Gasteiger partial charge in [-0.3, -0.25) is 0 Å². The predicted molar refractivity (Wildman–Crippen MR) is 91.6 cm³/mol. The molecule has 0 spiro atoms. The molecule has 0 radical (unpaired) electrons. The summed E-state index contributed by atoms with van der Waals surface area (Å²) in [4.78, 5) is 0. The van der Waals surface area contributed by atoms with Crippen molar-refractivity contribution in [1.29, 1.82) is 0 Å². The Bertz CT molecular complexity index is 770. The number of alkyl halides is 3. The number of halogens is 5. The van der Waals surface area contributed by atoms with Crippen LogP contribution in [0.25, 0.3) is 0 Å². The van der Waals surface area contributed by atoms with Crippen molar-refractivity contribution in [2.24, 2.45) is 10.2 Å². The second-order valence-electron chi connectivity index (χ2n) is 5.69. The molecule has 0 aliphatic carbocycles. The van der Waals surface area contributed by atoms with Crippen LogP contribution in [0.5, 0.6) is 0 Å². The van der Waals surface area contributed by atoms with E-state index in [9.17, 15) is 22.0 Å². The van der Waals surface area contributed by atoms with Gasteiger partial charge in [0, 0.05) is 0 Å². The van der Waals surface area contributed by atoms with Crippen LogP contribution < -0.4 is 0 Å². The third-order valence-electron chi connectivity index (χ3n) is 3.66. The highest BCUT2D eigenvalue weighted by Gasteiger charge is 2.29. The van der Waals surface area contributed by atoms with Gasteiger partial charge in [-0.2, -0.15) is 23.4 Å². The normalized spacial score (nSPS) is 12.4. The first-order chi connectivity index (χ1) is 12.3. The first-order valence-corrected chi connectivity index (χ1v) is 8.03. The van der Waals surface area contributed by atoms with Gasteiger partial charge in [-0.05, 0) is 48.2 Å². The van der Waals surface area contributed by atoms with E-state index in [0.717, 1.165) is 31.2 Å². The molecule has 2 nitrogen and oxygen atoms in total. The van der Waals surface area contributed by atoms with Crippen LogP contribution in [-0.4, -0.2) is 12.4 Å². The van der Waals surface area contributed by atoms with E-state index in [-0.39, 0.29) is 5.56 Å². The van der Waals surface area contributed by atoms with Gasteiger partial charge in [-0.1, -0.05) is 25.5 Å². The smallest absolute Gasteiger partial charge is 0.206 e. The van der Waals surface area contributed by atoms with Gasteiger partial charge in [0.25, 0.3) is 0 Å². The minimum atomic E-state index is -4.41. The molecule has 0 aromatic heterocycles. The zero-order valence-electron chi connectivity index (χ0n) is 14.0. The van der Waals surface area contributed by atoms with Gasteiger partial charge in [-0.15, -0.1) is 0 Å². The first-order valence-electron chi connectivity index (χ1n) is 8.03. The first kappa shape index (κ1) is 19.8. The quantitative estimate of drug-likeness (QED) is 0.351. The van der Waals surface area contributed by atoms with Crippen LogP contribution in [0.3, 0.4) is 0 Å². The zero-order chi connectivity index (χ0) is 19.2. The molecule has 2 aromatic rings. The second kappa shape index (κ2) is 8.69. The molecule has 2 aromatic carbocycles. The van der Waals surface area contributed by atoms with Crippen molar-refractivity contribution in [3.63, 3.8) is 0 Å². The Labute approximate surface area is 148 Å². The van der Waals surface area contributed by atoms with Gasteiger partial charge in [0.05, 0.1) is 23.6 Å². The van der Waals surface area contributed by atoms with Crippen molar-refractivity contribution in [3.05, 3.63) is 70.3 Å². The Morgan fingerprint density at radius 3 is 2.04 bits per heavy atom. The average Bonchev–Trinajstić information content (AvgIpc) is 2.58. The van der Waals surface area contributed by atoms with Crippen LogP contribution in [0.2, 0.25) is 0 Å². The van der Waals surface area contributed by atoms with E-state index in [0.29, 0.717) is 17.5 Å². The Morgan fingerprint density at radius 2 is 1.50 bits per heavy atom. The number of hydrogen-bond acceptors (Lipinski definition) is 2. The summed E-state index contributed by atoms with van der Waals surface area (Å²) >= 11 is 0. The van der Waals surface area contributed by atoms with Crippen molar-refractivity contribution in [2.45, 2.75) is 32.4 Å². The maximum Gasteiger partial charge on any atom is 0.416 e. The van der Waals surface area contributed by atoms with Crippen LogP contribution in [0.4, 0.5) is 22.0 Å². The Kier molecular flexibility index (Phi) is 6.60. The summed E-state index contributed by atoms with van der Waals surface area (Å²) in [5.74, 6) is -1.46. The minimum Gasteiger partial charge on any atom is -0.206 e. The number of aryl methyl sites for hydroxylation is 1. The molecule has 0 bridgehead atoms. The summed E-state index contributed by atoms with van der Waals surface area (Å²) in [6, 6.07) is 6.81. The lowest BCUT2D eigenvalue weighted by molar-refractivity contribution is -0.137. The van der Waals surface area contributed by atoms with Crippen molar-refractivity contribution < 1.29 is 22.0 Å². The molecule has 0 saturated heterocycles. The van der Waals surface area contributed by atoms with E-state index in [4.69, 9.17) is 0 Å². The average molecular weight is 368 g/mol. The monoisotopic (exact) mass is 368 g/mol. The summed E-state index contributed by atoms with van der Waals surface area (Å²) < 4.78 is 65.3. The number of unbranched alkanes of at least 4 members (excludes halogenated alkanes) is 1. The van der Waals surface area contributed by atoms with Gasteiger partial charge in [-0.25, -0.2) is 8.78 Å². The fourth-order valence-corrected chi connectivity index (χ4v) is 2.23. The van der Waals surface area contributed by atoms with Gasteiger partial charge >= 0.3 is 6.18 Å². The minimum absolute atomic E-state index is 0.310. The number of benzene rings is 2. The lowest BCUT2D eigenvalue weighted by Gasteiger charge is -2.05. The molecule has 138 valence electrons. The fourth-order valence-electron chi connectivity index (χ4n) is 2.23. The summed E-state index contributed by atoms with van der Waals surface area (Å²) in [5.41, 5.74) is -0.126. The second-order valence-corrected chi connectivity index (χ2v) is 5.69. The molecule has 0 aliphatic heterocycles. The highest BCUT2D eigenvalue weighted by Crippen LogP contribution is 2.28. The molecule has 7 heteroatoms. The Morgan fingerprint density at radius 1 is 0.923 bits per heavy atom. The highest BCUT2D eigenvalue weighted by molar-refractivity contribution is 5.83. The highest BCUT2D eigenvalue weighted by atomic mass is 19.4. The van der Waals surface area contributed by atoms with Gasteiger partial charge < -0.3 is 0 Å². The molecule has 0 saturated carbocycles. The molecule has 0 atom stereocenters. The Balaban J connectivity index is 2.07. The number of nitrogens with zero attached hydrogens (tertiary/aromatic N) is 2. The molecule has 0 unspecified atom stereocenters. The number of hydrogen-bond donors (Lipinski definition) is 0. The van der Waals surface area contributed by atoms with Gasteiger partial charge in [0.2, 0.25) is 0 Å². The molecule has 0 aliphatic rings. The molecular formula is C19H17F5N2. The van der Waals surface area contributed by atoms with E-state index >= 15 is 0 Å². The summed E-state index contributed by atoms with van der Waals surface area (Å²) in [6.07, 6.45) is 0.0752. The maximum atomic E-state index is 14.0. The van der Waals surface area contributed by atoms with E-state index in [1.807, 2.05) is 6.92 Å². The van der Waals surface area contributed by atoms with Crippen molar-refractivity contribution in [3.8, 4) is 0 Å². The van der Waals surface area contributed by atoms with Crippen molar-refractivity contribution in [2.75, 3.05) is 0 Å². The van der Waals surface area contributed by atoms with E-state index in [1.165, 1.54) is 30.5 Å². The SMILES string of the molecule is CCCCc1cc(F)c(/C=N/N=C/c2ccc(C(F)(F)F)cc2)c(F)c1. The third-order valence-corrected chi connectivity index (χ3v) is 3.66. The molecule has 2 rings (SSSR count). The topological polar surface area (TPSA) is 24.7 Å². The molecule has 0 fully saturated rings. The van der Waals surface area contributed by atoms with Crippen LogP contribution in [0.1, 0.15) is 42.0 Å². The summed E-state index contributed by atoms with van der Waals surface area (Å²) in [7, 11) is 0. The van der Waals surface area contributed by atoms with Crippen LogP contribution >= 0.6 is 0 Å². The summed E-state index contributed by atoms with van der Waals surface area (Å²) in [6.45, 7) is 1.99. The van der Waals surface area contributed by atoms with E-state index in [1.54, 1.807) is 0 Å². The zero-order valence-corrected chi connectivity index (χ0v) is 14.0. The molecule has 26 heavy (non-hydrogen) atoms. The van der Waals surface area contributed by atoms with E-state index < -0.39 is 23.4 Å². The molecule has 0 heterocycles. The van der Waals surface area contributed by atoms with Crippen molar-refractivity contribution in [1.82, 2.24) is 0 Å². The molecule has 0 N–H and O–H groups in total. The summed E-state index contributed by atoms with van der Waals surface area (Å²) in [5, 5.41) is 7.18. The lowest BCUT2D eigenvalue weighted by Crippen LogP contribution is -2.04. The molecular weight excluding hydrogens is 351 g/mol. The Hall–Kier alpha value is -2.57. The van der Waals surface area contributed by atoms with Crippen molar-refractivity contribution >= 4 is 12.4 Å². The third kappa shape index (κ3) is 5.47. The lowest BCUT2D eigenvalue weighted by atomic mass is 10.1. The molecule has 0 amide bonds. The van der Waals surface area contributed by atoms with Crippen LogP contribution in [0, 0.1) is 11.6 Å². The van der Waals surface area contributed by atoms with E-state index in [2.05, 4.69) is 10.2 Å². The van der Waals surface area contributed by atoms with Gasteiger partial charge in [0.1, 0.15) is 11.6 Å². The van der Waals surface area contributed by atoms with Crippen LogP contribution in [-0.2, 0) is 12.6 Å². The predicted octanol–water partition coefficient (Wildman–Crippen LogP) is 5.78. The number of rotatable bonds is 6. The van der Waals surface area contributed by atoms with Gasteiger partial charge in [0.15, 0.2) is 0 Å².